The van der Waals surface area contributed by atoms with Crippen molar-refractivity contribution in [2.45, 2.75) is 205 Å². The molecule has 57 heavy (non-hydrogen) atoms. The standard InChI is InChI=1S/C47H80O10/c1-3-5-7-9-11-13-15-16-17-18-19-20-21-22-23-24-26-28-30-32-34-36-43(50)56-40(39-55-47-46(53)45(52)44(51)41(37-48)57-47)38-54-42(49)35-33-31-29-27-25-14-12-10-8-6-4-2/h5,7,10-13,16-17,19-20,40-41,44-48,51-53H,3-4,6,8-9,14-15,18,21-39H2,1-2H3/b7-5-,12-10-,13-11-,17-16-,20-19-. The summed E-state index contributed by atoms with van der Waals surface area (Å²) in [5.74, 6) is -0.831. The Balaban J connectivity index is 2.31. The highest BCUT2D eigenvalue weighted by Crippen LogP contribution is 2.22. The molecule has 0 aromatic rings. The average Bonchev–Trinajstić information content (AvgIpc) is 3.21. The summed E-state index contributed by atoms with van der Waals surface area (Å²) >= 11 is 0. The van der Waals surface area contributed by atoms with E-state index in [1.165, 1.54) is 38.5 Å². The molecule has 1 aliphatic rings. The second-order valence-corrected chi connectivity index (χ2v) is 15.1. The lowest BCUT2D eigenvalue weighted by Crippen LogP contribution is -2.59. The van der Waals surface area contributed by atoms with Crippen molar-refractivity contribution in [2.24, 2.45) is 0 Å². The third kappa shape index (κ3) is 29.3. The number of aliphatic hydroxyl groups is 4. The van der Waals surface area contributed by atoms with Crippen LogP contribution in [0.3, 0.4) is 0 Å². The van der Waals surface area contributed by atoms with Gasteiger partial charge in [0.25, 0.3) is 0 Å². The van der Waals surface area contributed by atoms with E-state index in [1.54, 1.807) is 0 Å². The molecule has 1 fully saturated rings. The van der Waals surface area contributed by atoms with E-state index in [0.29, 0.717) is 12.8 Å². The number of hydrogen-bond acceptors (Lipinski definition) is 10. The monoisotopic (exact) mass is 805 g/mol. The highest BCUT2D eigenvalue weighted by molar-refractivity contribution is 5.70. The van der Waals surface area contributed by atoms with Gasteiger partial charge in [-0.25, -0.2) is 0 Å². The van der Waals surface area contributed by atoms with E-state index in [9.17, 15) is 30.0 Å². The van der Waals surface area contributed by atoms with E-state index in [-0.39, 0.29) is 26.1 Å². The molecule has 328 valence electrons. The van der Waals surface area contributed by atoms with Gasteiger partial charge in [-0.2, -0.15) is 0 Å². The van der Waals surface area contributed by atoms with E-state index >= 15 is 0 Å². The maximum absolute atomic E-state index is 12.8. The van der Waals surface area contributed by atoms with Crippen LogP contribution in [0.4, 0.5) is 0 Å². The number of carbonyl (C=O) groups excluding carboxylic acids is 2. The number of ether oxygens (including phenoxy) is 4. The first-order chi connectivity index (χ1) is 27.8. The van der Waals surface area contributed by atoms with Crippen LogP contribution in [0, 0.1) is 0 Å². The number of allylic oxidation sites excluding steroid dienone is 10. The van der Waals surface area contributed by atoms with Gasteiger partial charge in [0, 0.05) is 12.8 Å². The first kappa shape index (κ1) is 52.4. The van der Waals surface area contributed by atoms with Gasteiger partial charge < -0.3 is 39.4 Å². The first-order valence-electron chi connectivity index (χ1n) is 22.4. The van der Waals surface area contributed by atoms with Crippen LogP contribution in [0.5, 0.6) is 0 Å². The molecule has 0 aromatic carbocycles. The van der Waals surface area contributed by atoms with Crippen molar-refractivity contribution in [3.63, 3.8) is 0 Å². The molecular formula is C47H80O10. The van der Waals surface area contributed by atoms with Crippen molar-refractivity contribution in [3.05, 3.63) is 60.8 Å². The van der Waals surface area contributed by atoms with Gasteiger partial charge in [0.1, 0.15) is 31.0 Å². The molecule has 0 aliphatic carbocycles. The number of carbonyl (C=O) groups is 2. The van der Waals surface area contributed by atoms with Crippen LogP contribution >= 0.6 is 0 Å². The van der Waals surface area contributed by atoms with E-state index in [4.69, 9.17) is 18.9 Å². The fourth-order valence-corrected chi connectivity index (χ4v) is 6.34. The molecule has 1 saturated heterocycles. The van der Waals surface area contributed by atoms with Gasteiger partial charge in [0.15, 0.2) is 12.4 Å². The first-order valence-corrected chi connectivity index (χ1v) is 22.4. The normalized spacial score (nSPS) is 20.8. The summed E-state index contributed by atoms with van der Waals surface area (Å²) in [7, 11) is 0. The minimum Gasteiger partial charge on any atom is -0.462 e. The van der Waals surface area contributed by atoms with Gasteiger partial charge in [-0.15, -0.1) is 0 Å². The summed E-state index contributed by atoms with van der Waals surface area (Å²) in [6, 6.07) is 0. The van der Waals surface area contributed by atoms with Crippen LogP contribution in [-0.2, 0) is 28.5 Å². The van der Waals surface area contributed by atoms with Crippen molar-refractivity contribution >= 4 is 11.9 Å². The molecule has 0 amide bonds. The predicted molar refractivity (Wildman–Crippen MR) is 228 cm³/mol. The Bertz CT molecular complexity index is 1110. The maximum atomic E-state index is 12.8. The van der Waals surface area contributed by atoms with Gasteiger partial charge in [-0.05, 0) is 70.6 Å². The Morgan fingerprint density at radius 1 is 0.561 bits per heavy atom. The Hall–Kier alpha value is -2.60. The molecule has 6 unspecified atom stereocenters. The van der Waals surface area contributed by atoms with E-state index in [1.807, 2.05) is 0 Å². The molecule has 6 atom stereocenters. The predicted octanol–water partition coefficient (Wildman–Crippen LogP) is 9.44. The van der Waals surface area contributed by atoms with Crippen LogP contribution in [0.2, 0.25) is 0 Å². The topological polar surface area (TPSA) is 152 Å². The highest BCUT2D eigenvalue weighted by atomic mass is 16.7. The summed E-state index contributed by atoms with van der Waals surface area (Å²) in [5, 5.41) is 40.0. The quantitative estimate of drug-likeness (QED) is 0.0274. The summed E-state index contributed by atoms with van der Waals surface area (Å²) in [6.45, 7) is 3.24. The molecule has 0 aromatic heterocycles. The SMILES string of the molecule is CC/C=C\C/C=C\C/C=C\C/C=C\CCCCCCCCCCC(=O)OC(COC(=O)CCCCCCC/C=C\CCCC)COC1OC(CO)C(O)C(O)C1O. The summed E-state index contributed by atoms with van der Waals surface area (Å²) in [4.78, 5) is 25.3. The van der Waals surface area contributed by atoms with Crippen molar-refractivity contribution in [3.8, 4) is 0 Å². The molecule has 1 rings (SSSR count). The molecule has 0 bridgehead atoms. The van der Waals surface area contributed by atoms with Crippen molar-refractivity contribution in [1.82, 2.24) is 0 Å². The molecule has 4 N–H and O–H groups in total. The van der Waals surface area contributed by atoms with Gasteiger partial charge >= 0.3 is 11.9 Å². The summed E-state index contributed by atoms with van der Waals surface area (Å²) in [5.41, 5.74) is 0. The van der Waals surface area contributed by atoms with Gasteiger partial charge in [-0.1, -0.05) is 145 Å². The van der Waals surface area contributed by atoms with Crippen molar-refractivity contribution in [2.75, 3.05) is 19.8 Å². The number of rotatable bonds is 36. The fraction of sp³-hybridized carbons (Fsp3) is 0.745. The van der Waals surface area contributed by atoms with E-state index in [2.05, 4.69) is 74.6 Å². The lowest BCUT2D eigenvalue weighted by molar-refractivity contribution is -0.305. The van der Waals surface area contributed by atoms with Crippen molar-refractivity contribution < 1.29 is 49.0 Å². The molecule has 0 radical (unpaired) electrons. The minimum absolute atomic E-state index is 0.216. The largest absolute Gasteiger partial charge is 0.462 e. The number of esters is 2. The van der Waals surface area contributed by atoms with Gasteiger partial charge in [0.05, 0.1) is 13.2 Å². The number of unbranched alkanes of at least 4 members (excludes halogenated alkanes) is 15. The van der Waals surface area contributed by atoms with Gasteiger partial charge in [0.2, 0.25) is 0 Å². The van der Waals surface area contributed by atoms with Crippen LogP contribution < -0.4 is 0 Å². The molecular weight excluding hydrogens is 725 g/mol. The van der Waals surface area contributed by atoms with Crippen LogP contribution in [0.15, 0.2) is 60.8 Å². The fourth-order valence-electron chi connectivity index (χ4n) is 6.34. The van der Waals surface area contributed by atoms with Gasteiger partial charge in [-0.3, -0.25) is 9.59 Å². The smallest absolute Gasteiger partial charge is 0.306 e. The molecule has 0 spiro atoms. The van der Waals surface area contributed by atoms with E-state index < -0.39 is 55.4 Å². The van der Waals surface area contributed by atoms with Crippen LogP contribution in [0.1, 0.15) is 168 Å². The van der Waals surface area contributed by atoms with Crippen molar-refractivity contribution in [1.29, 1.82) is 0 Å². The Labute approximate surface area is 345 Å². The Kier molecular flexibility index (Phi) is 34.6. The van der Waals surface area contributed by atoms with Crippen LogP contribution in [0.25, 0.3) is 0 Å². The summed E-state index contributed by atoms with van der Waals surface area (Å²) < 4.78 is 22.1. The second-order valence-electron chi connectivity index (χ2n) is 15.1. The molecule has 10 nitrogen and oxygen atoms in total. The number of aliphatic hydroxyl groups excluding tert-OH is 4. The lowest BCUT2D eigenvalue weighted by Gasteiger charge is -2.39. The minimum atomic E-state index is -1.60. The third-order valence-electron chi connectivity index (χ3n) is 9.89. The zero-order valence-electron chi connectivity index (χ0n) is 35.6. The van der Waals surface area contributed by atoms with E-state index in [0.717, 1.165) is 89.9 Å². The molecule has 1 heterocycles. The third-order valence-corrected chi connectivity index (χ3v) is 9.89. The van der Waals surface area contributed by atoms with Crippen LogP contribution in [-0.4, -0.2) is 89.0 Å². The molecule has 0 saturated carbocycles. The Morgan fingerprint density at radius 3 is 1.58 bits per heavy atom. The number of hydrogen-bond donors (Lipinski definition) is 4. The summed E-state index contributed by atoms with van der Waals surface area (Å²) in [6.07, 6.45) is 38.0. The molecule has 10 heteroatoms. The average molecular weight is 805 g/mol. The zero-order valence-corrected chi connectivity index (χ0v) is 35.6. The lowest BCUT2D eigenvalue weighted by atomic mass is 9.99. The maximum Gasteiger partial charge on any atom is 0.306 e. The second kappa shape index (κ2) is 37.7. The molecule has 1 aliphatic heterocycles. The Morgan fingerprint density at radius 2 is 1.04 bits per heavy atom. The zero-order chi connectivity index (χ0) is 41.6. The highest BCUT2D eigenvalue weighted by Gasteiger charge is 2.44.